The van der Waals surface area contributed by atoms with Gasteiger partial charge in [-0.25, -0.2) is 4.79 Å². The molecule has 1 aromatic carbocycles. The molecular formula is C14H17NO4. The van der Waals surface area contributed by atoms with Crippen molar-refractivity contribution < 1.29 is 19.4 Å². The van der Waals surface area contributed by atoms with Crippen molar-refractivity contribution in [1.29, 1.82) is 0 Å². The van der Waals surface area contributed by atoms with Gasteiger partial charge in [-0.05, 0) is 25.0 Å². The summed E-state index contributed by atoms with van der Waals surface area (Å²) in [6, 6.07) is 5.32. The zero-order valence-corrected chi connectivity index (χ0v) is 10.9. The van der Waals surface area contributed by atoms with Crippen LogP contribution in [0.3, 0.4) is 0 Å². The van der Waals surface area contributed by atoms with Crippen molar-refractivity contribution >= 4 is 18.0 Å². The first-order valence-electron chi connectivity index (χ1n) is 5.92. The largest absolute Gasteiger partial charge is 0.480 e. The number of primary amides is 1. The molecule has 1 aromatic rings. The van der Waals surface area contributed by atoms with Gasteiger partial charge in [-0.1, -0.05) is 25.1 Å². The molecular weight excluding hydrogens is 246 g/mol. The average Bonchev–Trinajstić information content (AvgIpc) is 2.34. The van der Waals surface area contributed by atoms with Crippen LogP contribution in [0.5, 0.6) is 5.75 Å². The maximum absolute atomic E-state index is 11.2. The number of carbonyl (C=O) groups is 2. The molecule has 0 aliphatic rings. The van der Waals surface area contributed by atoms with E-state index in [2.05, 4.69) is 0 Å². The molecule has 5 nitrogen and oxygen atoms in total. The smallest absolute Gasteiger partial charge is 0.328 e. The molecule has 0 saturated carbocycles. The van der Waals surface area contributed by atoms with E-state index in [1.807, 2.05) is 13.0 Å². The summed E-state index contributed by atoms with van der Waals surface area (Å²) in [7, 11) is 0. The molecule has 1 rings (SSSR count). The Kier molecular flexibility index (Phi) is 5.11. The van der Waals surface area contributed by atoms with Crippen LogP contribution in [0.25, 0.3) is 6.08 Å². The molecule has 0 spiro atoms. The average molecular weight is 263 g/mol. The van der Waals surface area contributed by atoms with Crippen LogP contribution >= 0.6 is 0 Å². The molecule has 0 fully saturated rings. The van der Waals surface area contributed by atoms with E-state index in [0.29, 0.717) is 17.7 Å². The highest BCUT2D eigenvalue weighted by atomic mass is 16.5. The van der Waals surface area contributed by atoms with Crippen LogP contribution in [-0.2, 0) is 9.59 Å². The number of carboxylic acids is 1. The Labute approximate surface area is 111 Å². The monoisotopic (exact) mass is 263 g/mol. The lowest BCUT2D eigenvalue weighted by Gasteiger charge is -2.17. The van der Waals surface area contributed by atoms with E-state index in [4.69, 9.17) is 15.6 Å². The van der Waals surface area contributed by atoms with Gasteiger partial charge in [0.2, 0.25) is 0 Å². The van der Waals surface area contributed by atoms with Gasteiger partial charge in [-0.15, -0.1) is 0 Å². The summed E-state index contributed by atoms with van der Waals surface area (Å²) < 4.78 is 5.60. The number of para-hydroxylation sites is 1. The number of carbonyl (C=O) groups excluding carboxylic acids is 1. The van der Waals surface area contributed by atoms with Crippen molar-refractivity contribution in [1.82, 2.24) is 0 Å². The molecule has 0 heterocycles. The van der Waals surface area contributed by atoms with Gasteiger partial charge in [0.25, 0.3) is 5.91 Å². The maximum atomic E-state index is 11.2. The van der Waals surface area contributed by atoms with Crippen molar-refractivity contribution in [3.63, 3.8) is 0 Å². The number of benzene rings is 1. The van der Waals surface area contributed by atoms with E-state index in [1.165, 1.54) is 6.08 Å². The molecule has 5 heteroatoms. The molecule has 19 heavy (non-hydrogen) atoms. The molecule has 1 unspecified atom stereocenters. The molecule has 0 radical (unpaired) electrons. The van der Waals surface area contributed by atoms with Crippen LogP contribution in [0.1, 0.15) is 24.5 Å². The fourth-order valence-electron chi connectivity index (χ4n) is 1.61. The number of ether oxygens (including phenoxy) is 1. The fraction of sp³-hybridized carbons (Fsp3) is 0.286. The van der Waals surface area contributed by atoms with Gasteiger partial charge in [-0.3, -0.25) is 4.79 Å². The zero-order valence-electron chi connectivity index (χ0n) is 10.9. The minimum absolute atomic E-state index is 0.450. The summed E-state index contributed by atoms with van der Waals surface area (Å²) in [4.78, 5) is 21.8. The maximum Gasteiger partial charge on any atom is 0.328 e. The van der Waals surface area contributed by atoms with E-state index >= 15 is 0 Å². The van der Waals surface area contributed by atoms with E-state index in [-0.39, 0.29) is 0 Å². The second-order valence-electron chi connectivity index (χ2n) is 4.08. The van der Waals surface area contributed by atoms with Crippen LogP contribution < -0.4 is 10.5 Å². The molecule has 1 atom stereocenters. The van der Waals surface area contributed by atoms with Gasteiger partial charge in [-0.2, -0.15) is 0 Å². The second kappa shape index (κ2) is 6.58. The number of amides is 1. The molecule has 0 aliphatic heterocycles. The summed E-state index contributed by atoms with van der Waals surface area (Å²) in [6.45, 7) is 3.61. The normalized spacial score (nSPS) is 12.3. The fourth-order valence-corrected chi connectivity index (χ4v) is 1.61. The lowest BCUT2D eigenvalue weighted by molar-refractivity contribution is -0.131. The number of rotatable bonds is 6. The van der Waals surface area contributed by atoms with E-state index in [1.54, 1.807) is 19.1 Å². The number of aryl methyl sites for hydroxylation is 1. The predicted molar refractivity (Wildman–Crippen MR) is 71.8 cm³/mol. The highest BCUT2D eigenvalue weighted by Gasteiger charge is 2.17. The van der Waals surface area contributed by atoms with Crippen LogP contribution in [0.2, 0.25) is 0 Å². The number of nitrogens with two attached hydrogens (primary N) is 1. The van der Waals surface area contributed by atoms with Crippen LogP contribution in [-0.4, -0.2) is 23.1 Å². The number of carboxylic acid groups (broad SMARTS) is 1. The molecule has 3 N–H and O–H groups in total. The minimum Gasteiger partial charge on any atom is -0.480 e. The van der Waals surface area contributed by atoms with Crippen molar-refractivity contribution in [2.75, 3.05) is 0 Å². The van der Waals surface area contributed by atoms with Crippen molar-refractivity contribution in [3.05, 3.63) is 35.4 Å². The Balaban J connectivity index is 3.10. The van der Waals surface area contributed by atoms with E-state index < -0.39 is 18.0 Å². The standard InChI is InChI=1S/C14H17NO4/c1-3-11(14(15)18)19-13-9(2)5-4-6-10(13)7-8-12(16)17/h4-8,11H,3H2,1-2H3,(H2,15,18)(H,16,17)/b8-7+. The third kappa shape index (κ3) is 4.13. The van der Waals surface area contributed by atoms with Crippen LogP contribution in [0.4, 0.5) is 0 Å². The van der Waals surface area contributed by atoms with Crippen LogP contribution in [0.15, 0.2) is 24.3 Å². The quantitative estimate of drug-likeness (QED) is 0.765. The third-order valence-electron chi connectivity index (χ3n) is 2.60. The van der Waals surface area contributed by atoms with E-state index in [9.17, 15) is 9.59 Å². The first kappa shape index (κ1) is 14.8. The first-order valence-corrected chi connectivity index (χ1v) is 5.92. The van der Waals surface area contributed by atoms with Crippen LogP contribution in [0, 0.1) is 6.92 Å². The third-order valence-corrected chi connectivity index (χ3v) is 2.60. The molecule has 0 bridgehead atoms. The number of hydrogen-bond acceptors (Lipinski definition) is 3. The lowest BCUT2D eigenvalue weighted by atomic mass is 10.1. The van der Waals surface area contributed by atoms with Crippen molar-refractivity contribution in [2.24, 2.45) is 5.73 Å². The Morgan fingerprint density at radius 3 is 2.68 bits per heavy atom. The second-order valence-corrected chi connectivity index (χ2v) is 4.08. The molecule has 0 saturated heterocycles. The minimum atomic E-state index is -1.05. The summed E-state index contributed by atoms with van der Waals surface area (Å²) in [5, 5.41) is 8.65. The van der Waals surface area contributed by atoms with Gasteiger partial charge in [0.1, 0.15) is 5.75 Å². The summed E-state index contributed by atoms with van der Waals surface area (Å²) in [5.74, 6) is -1.11. The van der Waals surface area contributed by atoms with Gasteiger partial charge < -0.3 is 15.6 Å². The summed E-state index contributed by atoms with van der Waals surface area (Å²) in [6.07, 6.45) is 2.18. The molecule has 0 aromatic heterocycles. The van der Waals surface area contributed by atoms with Gasteiger partial charge in [0, 0.05) is 11.6 Å². The van der Waals surface area contributed by atoms with Crippen molar-refractivity contribution in [2.45, 2.75) is 26.4 Å². The lowest BCUT2D eigenvalue weighted by Crippen LogP contribution is -2.33. The van der Waals surface area contributed by atoms with E-state index in [0.717, 1.165) is 11.6 Å². The highest BCUT2D eigenvalue weighted by Crippen LogP contribution is 2.26. The predicted octanol–water partition coefficient (Wildman–Crippen LogP) is 1.74. The Hall–Kier alpha value is -2.30. The Morgan fingerprint density at radius 1 is 1.47 bits per heavy atom. The zero-order chi connectivity index (χ0) is 14.4. The Morgan fingerprint density at radius 2 is 2.16 bits per heavy atom. The molecule has 0 aliphatic carbocycles. The van der Waals surface area contributed by atoms with Gasteiger partial charge in [0.15, 0.2) is 6.10 Å². The van der Waals surface area contributed by atoms with Gasteiger partial charge >= 0.3 is 5.97 Å². The van der Waals surface area contributed by atoms with Gasteiger partial charge in [0.05, 0.1) is 0 Å². The topological polar surface area (TPSA) is 89.6 Å². The summed E-state index contributed by atoms with van der Waals surface area (Å²) >= 11 is 0. The molecule has 102 valence electrons. The SMILES string of the molecule is CCC(Oc1c(C)cccc1/C=C/C(=O)O)C(N)=O. The molecule has 1 amide bonds. The highest BCUT2D eigenvalue weighted by molar-refractivity contribution is 5.86. The summed E-state index contributed by atoms with van der Waals surface area (Å²) in [5.41, 5.74) is 6.65. The number of hydrogen-bond donors (Lipinski definition) is 2. The Bertz CT molecular complexity index is 508. The first-order chi connectivity index (χ1) is 8.95. The number of aliphatic carboxylic acids is 1. The van der Waals surface area contributed by atoms with Crippen molar-refractivity contribution in [3.8, 4) is 5.75 Å².